The van der Waals surface area contributed by atoms with Crippen LogP contribution >= 0.6 is 0 Å². The van der Waals surface area contributed by atoms with E-state index in [2.05, 4.69) is 5.32 Å². The number of ether oxygens (including phenoxy) is 1. The summed E-state index contributed by atoms with van der Waals surface area (Å²) in [5.41, 5.74) is 0. The molecule has 0 aromatic heterocycles. The highest BCUT2D eigenvalue weighted by Gasteiger charge is 2.22. The summed E-state index contributed by atoms with van der Waals surface area (Å²) < 4.78 is 5.38. The maximum atomic E-state index is 11.8. The van der Waals surface area contributed by atoms with E-state index in [0.29, 0.717) is 6.54 Å². The van der Waals surface area contributed by atoms with E-state index in [1.807, 2.05) is 0 Å². The number of nitrogens with one attached hydrogen (secondary N) is 1. The fourth-order valence-electron chi connectivity index (χ4n) is 1.74. The monoisotopic (exact) mass is 244 g/mol. The number of amides is 2. The van der Waals surface area contributed by atoms with E-state index in [1.165, 1.54) is 4.90 Å². The van der Waals surface area contributed by atoms with E-state index in [9.17, 15) is 9.59 Å². The van der Waals surface area contributed by atoms with Crippen molar-refractivity contribution in [3.05, 3.63) is 0 Å². The van der Waals surface area contributed by atoms with Crippen molar-refractivity contribution in [2.75, 3.05) is 19.7 Å². The minimum absolute atomic E-state index is 0.0674. The van der Waals surface area contributed by atoms with Crippen LogP contribution in [0.1, 0.15) is 26.7 Å². The average Bonchev–Trinajstić information content (AvgIpc) is 2.74. The van der Waals surface area contributed by atoms with Crippen LogP contribution in [0.15, 0.2) is 0 Å². The van der Waals surface area contributed by atoms with E-state index < -0.39 is 5.97 Å². The quantitative estimate of drug-likeness (QED) is 0.745. The van der Waals surface area contributed by atoms with Crippen molar-refractivity contribution in [3.63, 3.8) is 0 Å². The molecule has 1 heterocycles. The van der Waals surface area contributed by atoms with Gasteiger partial charge >= 0.3 is 12.0 Å². The Hall–Kier alpha value is -1.30. The molecule has 1 rings (SSSR count). The molecule has 0 spiro atoms. The number of aliphatic carboxylic acids is 1. The molecule has 0 saturated carbocycles. The molecule has 1 aliphatic rings. The highest BCUT2D eigenvalue weighted by Crippen LogP contribution is 2.10. The minimum Gasteiger partial charge on any atom is -0.480 e. The highest BCUT2D eigenvalue weighted by atomic mass is 16.5. The summed E-state index contributed by atoms with van der Waals surface area (Å²) in [6, 6.07) is -0.492. The van der Waals surface area contributed by atoms with E-state index in [4.69, 9.17) is 9.84 Å². The lowest BCUT2D eigenvalue weighted by molar-refractivity contribution is -0.138. The number of hydrogen-bond donors (Lipinski definition) is 2. The minimum atomic E-state index is -1.01. The highest BCUT2D eigenvalue weighted by molar-refractivity contribution is 5.80. The fourth-order valence-corrected chi connectivity index (χ4v) is 1.74. The van der Waals surface area contributed by atoms with Gasteiger partial charge in [-0.2, -0.15) is 0 Å². The zero-order valence-electron chi connectivity index (χ0n) is 10.3. The van der Waals surface area contributed by atoms with Gasteiger partial charge in [0.05, 0.1) is 6.10 Å². The summed E-state index contributed by atoms with van der Waals surface area (Å²) in [6.45, 7) is 4.48. The summed E-state index contributed by atoms with van der Waals surface area (Å²) in [5, 5.41) is 11.4. The Kier molecular flexibility index (Phi) is 5.21. The zero-order chi connectivity index (χ0) is 12.8. The lowest BCUT2D eigenvalue weighted by Crippen LogP contribution is -2.48. The first kappa shape index (κ1) is 13.8. The number of rotatable bonds is 5. The summed E-state index contributed by atoms with van der Waals surface area (Å²) in [4.78, 5) is 23.7. The van der Waals surface area contributed by atoms with Crippen molar-refractivity contribution in [1.82, 2.24) is 10.2 Å². The lowest BCUT2D eigenvalue weighted by Gasteiger charge is -2.25. The Bertz CT molecular complexity index is 275. The summed E-state index contributed by atoms with van der Waals surface area (Å²) in [6.07, 6.45) is 2.03. The molecule has 1 saturated heterocycles. The van der Waals surface area contributed by atoms with Crippen molar-refractivity contribution in [3.8, 4) is 0 Å². The van der Waals surface area contributed by atoms with Crippen LogP contribution in [0.5, 0.6) is 0 Å². The molecule has 6 nitrogen and oxygen atoms in total. The molecule has 0 bridgehead atoms. The normalized spacial score (nSPS) is 19.4. The van der Waals surface area contributed by atoms with Crippen molar-refractivity contribution in [2.24, 2.45) is 0 Å². The van der Waals surface area contributed by atoms with Crippen LogP contribution in [0.2, 0.25) is 0 Å². The molecule has 1 aliphatic heterocycles. The molecule has 0 aromatic rings. The number of hydrogen-bond acceptors (Lipinski definition) is 3. The summed E-state index contributed by atoms with van der Waals surface area (Å²) >= 11 is 0. The van der Waals surface area contributed by atoms with Crippen LogP contribution in [0.25, 0.3) is 0 Å². The van der Waals surface area contributed by atoms with Crippen molar-refractivity contribution in [2.45, 2.75) is 38.8 Å². The maximum Gasteiger partial charge on any atom is 0.323 e. The Labute approximate surface area is 101 Å². The molecule has 6 heteroatoms. The van der Waals surface area contributed by atoms with E-state index in [-0.39, 0.29) is 24.7 Å². The number of carbonyl (C=O) groups excluding carboxylic acids is 1. The van der Waals surface area contributed by atoms with Gasteiger partial charge in [-0.05, 0) is 26.7 Å². The second-order valence-electron chi connectivity index (χ2n) is 4.44. The Morgan fingerprint density at radius 2 is 2.24 bits per heavy atom. The second-order valence-corrected chi connectivity index (χ2v) is 4.44. The van der Waals surface area contributed by atoms with Gasteiger partial charge in [0.15, 0.2) is 0 Å². The first-order valence-electron chi connectivity index (χ1n) is 5.88. The average molecular weight is 244 g/mol. The molecule has 0 aromatic carbocycles. The molecule has 2 amide bonds. The van der Waals surface area contributed by atoms with Gasteiger partial charge in [0.2, 0.25) is 0 Å². The molecule has 0 aliphatic carbocycles. The van der Waals surface area contributed by atoms with Gasteiger partial charge in [-0.3, -0.25) is 4.79 Å². The topological polar surface area (TPSA) is 78.9 Å². The number of urea groups is 1. The van der Waals surface area contributed by atoms with Crippen LogP contribution in [0.3, 0.4) is 0 Å². The van der Waals surface area contributed by atoms with Gasteiger partial charge in [-0.1, -0.05) is 0 Å². The van der Waals surface area contributed by atoms with Crippen LogP contribution < -0.4 is 5.32 Å². The number of carboxylic acids is 1. The van der Waals surface area contributed by atoms with E-state index in [0.717, 1.165) is 19.4 Å². The van der Waals surface area contributed by atoms with Gasteiger partial charge in [-0.25, -0.2) is 4.79 Å². The number of carbonyl (C=O) groups is 2. The van der Waals surface area contributed by atoms with Gasteiger partial charge < -0.3 is 20.1 Å². The maximum absolute atomic E-state index is 11.8. The third kappa shape index (κ3) is 4.60. The molecule has 1 unspecified atom stereocenters. The molecule has 2 N–H and O–H groups in total. The van der Waals surface area contributed by atoms with Crippen molar-refractivity contribution >= 4 is 12.0 Å². The Morgan fingerprint density at radius 1 is 1.53 bits per heavy atom. The molecule has 17 heavy (non-hydrogen) atoms. The van der Waals surface area contributed by atoms with E-state index >= 15 is 0 Å². The largest absolute Gasteiger partial charge is 0.480 e. The van der Waals surface area contributed by atoms with Crippen molar-refractivity contribution < 1.29 is 19.4 Å². The van der Waals surface area contributed by atoms with Crippen LogP contribution in [-0.2, 0) is 9.53 Å². The first-order valence-corrected chi connectivity index (χ1v) is 5.88. The SMILES string of the molecule is CC(C)N(CC(=O)O)C(=O)NCC1CCCO1. The number of nitrogens with zero attached hydrogens (tertiary/aromatic N) is 1. The second kappa shape index (κ2) is 6.44. The molecule has 0 radical (unpaired) electrons. The molecule has 98 valence electrons. The smallest absolute Gasteiger partial charge is 0.323 e. The van der Waals surface area contributed by atoms with Crippen LogP contribution in [0, 0.1) is 0 Å². The molecule has 1 atom stereocenters. The van der Waals surface area contributed by atoms with E-state index in [1.54, 1.807) is 13.8 Å². The van der Waals surface area contributed by atoms with Gasteiger partial charge in [-0.15, -0.1) is 0 Å². The molecular formula is C11H20N2O4. The van der Waals surface area contributed by atoms with Crippen molar-refractivity contribution in [1.29, 1.82) is 0 Å². The Morgan fingerprint density at radius 3 is 2.71 bits per heavy atom. The summed E-state index contributed by atoms with van der Waals surface area (Å²) in [5.74, 6) is -1.01. The zero-order valence-corrected chi connectivity index (χ0v) is 10.3. The third-order valence-electron chi connectivity index (χ3n) is 2.69. The van der Waals surface area contributed by atoms with Gasteiger partial charge in [0, 0.05) is 19.2 Å². The van der Waals surface area contributed by atoms with Crippen LogP contribution in [-0.4, -0.2) is 53.8 Å². The lowest BCUT2D eigenvalue weighted by atomic mass is 10.2. The van der Waals surface area contributed by atoms with Gasteiger partial charge in [0.25, 0.3) is 0 Å². The number of carboxylic acid groups (broad SMARTS) is 1. The van der Waals surface area contributed by atoms with Crippen LogP contribution in [0.4, 0.5) is 4.79 Å². The fraction of sp³-hybridized carbons (Fsp3) is 0.818. The first-order chi connectivity index (χ1) is 8.00. The Balaban J connectivity index is 2.38. The third-order valence-corrected chi connectivity index (χ3v) is 2.69. The molecular weight excluding hydrogens is 224 g/mol. The summed E-state index contributed by atoms with van der Waals surface area (Å²) in [7, 11) is 0. The standard InChI is InChI=1S/C11H20N2O4/c1-8(2)13(7-10(14)15)11(16)12-6-9-4-3-5-17-9/h8-9H,3-7H2,1-2H3,(H,12,16)(H,14,15). The predicted octanol–water partition coefficient (Wildman–Crippen LogP) is 0.670. The molecule has 1 fully saturated rings. The van der Waals surface area contributed by atoms with Gasteiger partial charge in [0.1, 0.15) is 6.54 Å². The predicted molar refractivity (Wildman–Crippen MR) is 61.9 cm³/mol.